The summed E-state index contributed by atoms with van der Waals surface area (Å²) in [7, 11) is 6.07. The highest BCUT2D eigenvalue weighted by Crippen LogP contribution is 2.17. The van der Waals surface area contributed by atoms with Gasteiger partial charge in [0.1, 0.15) is 0 Å². The van der Waals surface area contributed by atoms with E-state index in [0.29, 0.717) is 6.54 Å². The fourth-order valence-corrected chi connectivity index (χ4v) is 2.87. The molecule has 0 saturated carbocycles. The second kappa shape index (κ2) is 13.3. The molecule has 1 fully saturated rings. The van der Waals surface area contributed by atoms with Crippen LogP contribution in [0.15, 0.2) is 17.4 Å². The van der Waals surface area contributed by atoms with E-state index in [4.69, 9.17) is 14.5 Å². The fraction of sp³-hybridized carbons (Fsp3) is 0.778. The van der Waals surface area contributed by atoms with E-state index in [9.17, 15) is 0 Å². The van der Waals surface area contributed by atoms with Crippen molar-refractivity contribution in [3.63, 3.8) is 0 Å². The summed E-state index contributed by atoms with van der Waals surface area (Å²) in [5, 5.41) is 11.0. The molecule has 0 amide bonds. The molecule has 2 rings (SSSR count). The number of aryl methyl sites for hydroxylation is 1. The fourth-order valence-electron chi connectivity index (χ4n) is 2.87. The van der Waals surface area contributed by atoms with Crippen LogP contribution in [0, 0.1) is 0 Å². The van der Waals surface area contributed by atoms with Crippen molar-refractivity contribution in [2.75, 3.05) is 53.6 Å². The summed E-state index contributed by atoms with van der Waals surface area (Å²) in [6, 6.07) is 0.199. The number of hydrogen-bond donors (Lipinski definition) is 2. The summed E-state index contributed by atoms with van der Waals surface area (Å²) >= 11 is 0. The van der Waals surface area contributed by atoms with Crippen LogP contribution in [0.2, 0.25) is 0 Å². The van der Waals surface area contributed by atoms with Crippen molar-refractivity contribution >= 4 is 29.9 Å². The van der Waals surface area contributed by atoms with Crippen LogP contribution in [0.5, 0.6) is 0 Å². The Bertz CT molecular complexity index is 546. The first-order valence-corrected chi connectivity index (χ1v) is 9.46. The normalized spacial score (nSPS) is 18.4. The molecular formula is C18H35IN6O2. The maximum absolute atomic E-state index is 5.79. The van der Waals surface area contributed by atoms with Crippen molar-refractivity contribution < 1.29 is 9.47 Å². The van der Waals surface area contributed by atoms with Gasteiger partial charge in [0, 0.05) is 45.1 Å². The molecule has 2 heterocycles. The Hall–Kier alpha value is -0.910. The molecule has 0 bridgehead atoms. The molecule has 1 saturated heterocycles. The summed E-state index contributed by atoms with van der Waals surface area (Å²) < 4.78 is 12.9. The highest BCUT2D eigenvalue weighted by Gasteiger charge is 2.16. The number of nitrogens with one attached hydrogen (secondary N) is 2. The van der Waals surface area contributed by atoms with Crippen molar-refractivity contribution in [1.29, 1.82) is 0 Å². The van der Waals surface area contributed by atoms with Crippen molar-refractivity contribution in [1.82, 2.24) is 25.3 Å². The lowest BCUT2D eigenvalue weighted by molar-refractivity contribution is 0.0420. The Kier molecular flexibility index (Phi) is 11.9. The van der Waals surface area contributed by atoms with Gasteiger partial charge < -0.3 is 25.0 Å². The second-order valence-electron chi connectivity index (χ2n) is 6.78. The molecule has 0 aliphatic carbocycles. The monoisotopic (exact) mass is 494 g/mol. The van der Waals surface area contributed by atoms with Gasteiger partial charge in [0.2, 0.25) is 0 Å². The van der Waals surface area contributed by atoms with E-state index in [1.54, 1.807) is 0 Å². The summed E-state index contributed by atoms with van der Waals surface area (Å²) in [6.07, 6.45) is 6.19. The zero-order valence-electron chi connectivity index (χ0n) is 17.0. The number of hydrogen-bond acceptors (Lipinski definition) is 5. The first-order valence-electron chi connectivity index (χ1n) is 9.46. The van der Waals surface area contributed by atoms with E-state index < -0.39 is 0 Å². The SMILES string of the molecule is CCNC(=NCC(c1cnn(C)c1)N(C)C)NCCCOC1CCOC1.I. The van der Waals surface area contributed by atoms with E-state index in [0.717, 1.165) is 51.7 Å². The number of likely N-dealkylation sites (N-methyl/N-ethyl adjacent to an activating group) is 1. The molecule has 0 spiro atoms. The summed E-state index contributed by atoms with van der Waals surface area (Å²) in [5.41, 5.74) is 1.17. The number of guanidine groups is 1. The Morgan fingerprint density at radius 1 is 1.48 bits per heavy atom. The molecule has 2 unspecified atom stereocenters. The van der Waals surface area contributed by atoms with E-state index in [1.165, 1.54) is 5.56 Å². The van der Waals surface area contributed by atoms with E-state index in [2.05, 4.69) is 41.7 Å². The van der Waals surface area contributed by atoms with Gasteiger partial charge in [-0.1, -0.05) is 0 Å². The molecule has 1 aliphatic rings. The molecule has 8 nitrogen and oxygen atoms in total. The van der Waals surface area contributed by atoms with Crippen LogP contribution in [-0.4, -0.2) is 80.3 Å². The molecular weight excluding hydrogens is 459 g/mol. The van der Waals surface area contributed by atoms with Gasteiger partial charge in [-0.15, -0.1) is 24.0 Å². The minimum absolute atomic E-state index is 0. The standard InChI is InChI=1S/C18H34N6O2.HI/c1-5-19-18(20-8-6-9-26-16-7-10-25-14-16)21-12-17(23(2)3)15-11-22-24(4)13-15;/h11,13,16-17H,5-10,12,14H2,1-4H3,(H2,19,20,21);1H. The third kappa shape index (κ3) is 8.75. The molecule has 1 aromatic rings. The molecule has 0 radical (unpaired) electrons. The smallest absolute Gasteiger partial charge is 0.191 e. The Balaban J connectivity index is 0.00000364. The number of aromatic nitrogens is 2. The zero-order chi connectivity index (χ0) is 18.8. The van der Waals surface area contributed by atoms with Gasteiger partial charge in [-0.25, -0.2) is 0 Å². The van der Waals surface area contributed by atoms with Gasteiger partial charge in [-0.3, -0.25) is 9.67 Å². The quantitative estimate of drug-likeness (QED) is 0.222. The maximum Gasteiger partial charge on any atom is 0.191 e. The summed E-state index contributed by atoms with van der Waals surface area (Å²) in [4.78, 5) is 6.92. The van der Waals surface area contributed by atoms with Gasteiger partial charge in [0.15, 0.2) is 5.96 Å². The summed E-state index contributed by atoms with van der Waals surface area (Å²) in [6.45, 7) is 6.72. The number of nitrogens with zero attached hydrogens (tertiary/aromatic N) is 4. The number of ether oxygens (including phenoxy) is 2. The first kappa shape index (κ1) is 24.1. The molecule has 1 aliphatic heterocycles. The van der Waals surface area contributed by atoms with E-state index in [-0.39, 0.29) is 36.1 Å². The predicted molar refractivity (Wildman–Crippen MR) is 119 cm³/mol. The van der Waals surface area contributed by atoms with Gasteiger partial charge in [0.05, 0.1) is 31.5 Å². The van der Waals surface area contributed by atoms with Crippen LogP contribution in [0.25, 0.3) is 0 Å². The van der Waals surface area contributed by atoms with Gasteiger partial charge in [0.25, 0.3) is 0 Å². The molecule has 0 aromatic carbocycles. The predicted octanol–water partition coefficient (Wildman–Crippen LogP) is 1.39. The lowest BCUT2D eigenvalue weighted by Gasteiger charge is -2.22. The second-order valence-corrected chi connectivity index (χ2v) is 6.78. The zero-order valence-corrected chi connectivity index (χ0v) is 19.3. The average molecular weight is 494 g/mol. The highest BCUT2D eigenvalue weighted by molar-refractivity contribution is 14.0. The average Bonchev–Trinajstić information content (AvgIpc) is 3.26. The molecule has 9 heteroatoms. The van der Waals surface area contributed by atoms with Crippen LogP contribution >= 0.6 is 24.0 Å². The Labute approximate surface area is 180 Å². The Morgan fingerprint density at radius 3 is 2.89 bits per heavy atom. The van der Waals surface area contributed by atoms with E-state index in [1.807, 2.05) is 24.1 Å². The molecule has 27 heavy (non-hydrogen) atoms. The summed E-state index contributed by atoms with van der Waals surface area (Å²) in [5.74, 6) is 0.840. The van der Waals surface area contributed by atoms with Crippen molar-refractivity contribution in [2.24, 2.45) is 12.0 Å². The molecule has 2 N–H and O–H groups in total. The van der Waals surface area contributed by atoms with Crippen molar-refractivity contribution in [2.45, 2.75) is 31.9 Å². The van der Waals surface area contributed by atoms with E-state index >= 15 is 0 Å². The van der Waals surface area contributed by atoms with Crippen LogP contribution in [0.3, 0.4) is 0 Å². The molecule has 2 atom stereocenters. The number of rotatable bonds is 10. The van der Waals surface area contributed by atoms with Gasteiger partial charge >= 0.3 is 0 Å². The minimum Gasteiger partial charge on any atom is -0.379 e. The Morgan fingerprint density at radius 2 is 2.30 bits per heavy atom. The third-order valence-electron chi connectivity index (χ3n) is 4.35. The van der Waals surface area contributed by atoms with Crippen LogP contribution in [0.4, 0.5) is 0 Å². The van der Waals surface area contributed by atoms with Crippen molar-refractivity contribution in [3.05, 3.63) is 18.0 Å². The van der Waals surface area contributed by atoms with Crippen molar-refractivity contribution in [3.8, 4) is 0 Å². The highest BCUT2D eigenvalue weighted by atomic mass is 127. The minimum atomic E-state index is 0. The lowest BCUT2D eigenvalue weighted by atomic mass is 10.1. The number of halogens is 1. The topological polar surface area (TPSA) is 75.9 Å². The molecule has 156 valence electrons. The van der Waals surface area contributed by atoms with Crippen LogP contribution < -0.4 is 10.6 Å². The number of aliphatic imine (C=N–C) groups is 1. The first-order chi connectivity index (χ1) is 12.6. The lowest BCUT2D eigenvalue weighted by Crippen LogP contribution is -2.39. The van der Waals surface area contributed by atoms with Crippen LogP contribution in [-0.2, 0) is 16.5 Å². The van der Waals surface area contributed by atoms with Gasteiger partial charge in [-0.2, -0.15) is 5.10 Å². The van der Waals surface area contributed by atoms with Crippen LogP contribution in [0.1, 0.15) is 31.4 Å². The third-order valence-corrected chi connectivity index (χ3v) is 4.35. The maximum atomic E-state index is 5.79. The van der Waals surface area contributed by atoms with Gasteiger partial charge in [-0.05, 0) is 33.9 Å². The largest absolute Gasteiger partial charge is 0.379 e. The molecule has 1 aromatic heterocycles.